The normalized spacial score (nSPS) is 25.9. The molecule has 0 aromatic carbocycles. The third-order valence-corrected chi connectivity index (χ3v) is 4.78. The van der Waals surface area contributed by atoms with Crippen LogP contribution in [0.3, 0.4) is 0 Å². The van der Waals surface area contributed by atoms with Crippen molar-refractivity contribution in [1.82, 2.24) is 10.5 Å². The van der Waals surface area contributed by atoms with Crippen LogP contribution in [0.25, 0.3) is 0 Å². The third-order valence-electron chi connectivity index (χ3n) is 4.78. The average Bonchev–Trinajstić information content (AvgIpc) is 2.72. The first-order valence-electron chi connectivity index (χ1n) is 8.03. The van der Waals surface area contributed by atoms with Crippen molar-refractivity contribution in [2.45, 2.75) is 73.1 Å². The molecule has 1 aromatic rings. The van der Waals surface area contributed by atoms with E-state index in [0.29, 0.717) is 18.1 Å². The van der Waals surface area contributed by atoms with Gasteiger partial charge in [0.15, 0.2) is 0 Å². The molecule has 0 spiro atoms. The van der Waals surface area contributed by atoms with Gasteiger partial charge < -0.3 is 14.6 Å². The summed E-state index contributed by atoms with van der Waals surface area (Å²) in [6.07, 6.45) is 1.43. The van der Waals surface area contributed by atoms with Crippen molar-refractivity contribution in [3.8, 4) is 0 Å². The van der Waals surface area contributed by atoms with Gasteiger partial charge in [0.2, 0.25) is 0 Å². The summed E-state index contributed by atoms with van der Waals surface area (Å²) in [6, 6.07) is 0.727. The Kier molecular flexibility index (Phi) is 4.79. The Balaban J connectivity index is 1.93. The molecule has 1 saturated carbocycles. The zero-order chi connectivity index (χ0) is 15.8. The standard InChI is InChI=1S/C17H30N2O2/c1-10(2)9-20-15-8-14(17(15,6)7)18-11(3)16-12(4)19-21-13(16)5/h10-11,14-15,18H,8-9H2,1-7H3. The van der Waals surface area contributed by atoms with Gasteiger partial charge in [0.1, 0.15) is 5.76 Å². The molecule has 0 radical (unpaired) electrons. The number of aromatic nitrogens is 1. The van der Waals surface area contributed by atoms with Crippen LogP contribution in [0.5, 0.6) is 0 Å². The topological polar surface area (TPSA) is 47.3 Å². The van der Waals surface area contributed by atoms with Crippen LogP contribution >= 0.6 is 0 Å². The van der Waals surface area contributed by atoms with Gasteiger partial charge in [-0.05, 0) is 33.1 Å². The van der Waals surface area contributed by atoms with Gasteiger partial charge in [0.25, 0.3) is 0 Å². The van der Waals surface area contributed by atoms with E-state index in [9.17, 15) is 0 Å². The van der Waals surface area contributed by atoms with Crippen LogP contribution in [0.2, 0.25) is 0 Å². The van der Waals surface area contributed by atoms with E-state index in [1.54, 1.807) is 0 Å². The zero-order valence-electron chi connectivity index (χ0n) is 14.5. The summed E-state index contributed by atoms with van der Waals surface area (Å²) in [5.74, 6) is 1.51. The molecule has 1 fully saturated rings. The maximum absolute atomic E-state index is 6.03. The van der Waals surface area contributed by atoms with E-state index in [4.69, 9.17) is 9.26 Å². The molecule has 0 aliphatic heterocycles. The predicted molar refractivity (Wildman–Crippen MR) is 84.3 cm³/mol. The second kappa shape index (κ2) is 6.09. The number of nitrogens with one attached hydrogen (secondary N) is 1. The van der Waals surface area contributed by atoms with E-state index in [1.165, 1.54) is 5.56 Å². The second-order valence-electron chi connectivity index (χ2n) is 7.45. The minimum absolute atomic E-state index is 0.169. The fourth-order valence-electron chi connectivity index (χ4n) is 3.25. The van der Waals surface area contributed by atoms with E-state index in [0.717, 1.165) is 24.5 Å². The summed E-state index contributed by atoms with van der Waals surface area (Å²) >= 11 is 0. The Hall–Kier alpha value is -0.870. The molecule has 2 rings (SSSR count). The molecule has 4 nitrogen and oxygen atoms in total. The molecule has 21 heavy (non-hydrogen) atoms. The maximum Gasteiger partial charge on any atom is 0.138 e. The quantitative estimate of drug-likeness (QED) is 0.867. The Morgan fingerprint density at radius 1 is 1.33 bits per heavy atom. The van der Waals surface area contributed by atoms with Gasteiger partial charge >= 0.3 is 0 Å². The molecule has 1 aliphatic rings. The summed E-state index contributed by atoms with van der Waals surface area (Å²) in [5.41, 5.74) is 2.34. The number of nitrogens with zero attached hydrogens (tertiary/aromatic N) is 1. The van der Waals surface area contributed by atoms with Crippen molar-refractivity contribution in [3.05, 3.63) is 17.0 Å². The largest absolute Gasteiger partial charge is 0.377 e. The molecule has 1 heterocycles. The summed E-state index contributed by atoms with van der Waals surface area (Å²) in [4.78, 5) is 0. The Morgan fingerprint density at radius 2 is 2.00 bits per heavy atom. The summed E-state index contributed by atoms with van der Waals surface area (Å²) in [5, 5.41) is 7.78. The first kappa shape index (κ1) is 16.5. The minimum atomic E-state index is 0.169. The Morgan fingerprint density at radius 3 is 2.48 bits per heavy atom. The van der Waals surface area contributed by atoms with Gasteiger partial charge in [0.05, 0.1) is 11.8 Å². The minimum Gasteiger partial charge on any atom is -0.377 e. The monoisotopic (exact) mass is 294 g/mol. The van der Waals surface area contributed by atoms with Gasteiger partial charge in [-0.15, -0.1) is 0 Å². The Bertz CT molecular complexity index is 460. The first-order valence-corrected chi connectivity index (χ1v) is 8.03. The van der Waals surface area contributed by atoms with Gasteiger partial charge in [0, 0.05) is 29.7 Å². The second-order valence-corrected chi connectivity index (χ2v) is 7.45. The lowest BCUT2D eigenvalue weighted by Gasteiger charge is -2.53. The fourth-order valence-corrected chi connectivity index (χ4v) is 3.25. The molecule has 1 N–H and O–H groups in total. The lowest BCUT2D eigenvalue weighted by atomic mass is 9.64. The van der Waals surface area contributed by atoms with Crippen LogP contribution in [0.1, 0.15) is 64.1 Å². The van der Waals surface area contributed by atoms with E-state index < -0.39 is 0 Å². The van der Waals surface area contributed by atoms with Crippen molar-refractivity contribution in [2.24, 2.45) is 11.3 Å². The molecule has 0 saturated heterocycles. The van der Waals surface area contributed by atoms with Gasteiger partial charge in [-0.25, -0.2) is 0 Å². The predicted octanol–water partition coefficient (Wildman–Crippen LogP) is 3.78. The first-order chi connectivity index (χ1) is 9.73. The molecular weight excluding hydrogens is 264 g/mol. The van der Waals surface area contributed by atoms with Gasteiger partial charge in [-0.3, -0.25) is 0 Å². The molecular formula is C17H30N2O2. The zero-order valence-corrected chi connectivity index (χ0v) is 14.5. The molecule has 1 aliphatic carbocycles. The highest BCUT2D eigenvalue weighted by atomic mass is 16.5. The number of ether oxygens (including phenoxy) is 1. The average molecular weight is 294 g/mol. The van der Waals surface area contributed by atoms with Crippen molar-refractivity contribution >= 4 is 0 Å². The van der Waals surface area contributed by atoms with E-state index in [1.807, 2.05) is 13.8 Å². The fraction of sp³-hybridized carbons (Fsp3) is 0.824. The number of aryl methyl sites for hydroxylation is 2. The molecule has 1 aromatic heterocycles. The highest BCUT2D eigenvalue weighted by Crippen LogP contribution is 2.44. The van der Waals surface area contributed by atoms with E-state index in [-0.39, 0.29) is 11.5 Å². The molecule has 120 valence electrons. The number of rotatable bonds is 6. The van der Waals surface area contributed by atoms with Crippen molar-refractivity contribution in [2.75, 3.05) is 6.61 Å². The molecule has 4 heteroatoms. The SMILES string of the molecule is Cc1noc(C)c1C(C)NC1CC(OCC(C)C)C1(C)C. The molecule has 0 amide bonds. The number of hydrogen-bond acceptors (Lipinski definition) is 4. The van der Waals surface area contributed by atoms with Crippen LogP contribution in [0, 0.1) is 25.2 Å². The van der Waals surface area contributed by atoms with Crippen LogP contribution in [0.4, 0.5) is 0 Å². The highest BCUT2D eigenvalue weighted by molar-refractivity contribution is 5.25. The highest BCUT2D eigenvalue weighted by Gasteiger charge is 2.49. The van der Waals surface area contributed by atoms with Gasteiger partial charge in [-0.2, -0.15) is 0 Å². The van der Waals surface area contributed by atoms with E-state index >= 15 is 0 Å². The summed E-state index contributed by atoms with van der Waals surface area (Å²) in [7, 11) is 0. The molecule has 0 bridgehead atoms. The van der Waals surface area contributed by atoms with Crippen LogP contribution in [-0.2, 0) is 4.74 Å². The van der Waals surface area contributed by atoms with Gasteiger partial charge in [-0.1, -0.05) is 32.9 Å². The Labute approximate surface area is 128 Å². The smallest absolute Gasteiger partial charge is 0.138 e. The molecule has 3 unspecified atom stereocenters. The van der Waals surface area contributed by atoms with Crippen LogP contribution in [-0.4, -0.2) is 23.9 Å². The van der Waals surface area contributed by atoms with Crippen LogP contribution in [0.15, 0.2) is 4.52 Å². The van der Waals surface area contributed by atoms with Crippen LogP contribution < -0.4 is 5.32 Å². The van der Waals surface area contributed by atoms with Crippen molar-refractivity contribution in [3.63, 3.8) is 0 Å². The third kappa shape index (κ3) is 3.32. The lowest BCUT2D eigenvalue weighted by molar-refractivity contribution is -0.125. The van der Waals surface area contributed by atoms with Crippen molar-refractivity contribution in [1.29, 1.82) is 0 Å². The molecule has 3 atom stereocenters. The summed E-state index contributed by atoms with van der Waals surface area (Å²) < 4.78 is 11.3. The van der Waals surface area contributed by atoms with Crippen molar-refractivity contribution < 1.29 is 9.26 Å². The van der Waals surface area contributed by atoms with E-state index in [2.05, 4.69) is 45.1 Å². The lowest BCUT2D eigenvalue weighted by Crippen LogP contribution is -2.61. The summed E-state index contributed by atoms with van der Waals surface area (Å²) in [6.45, 7) is 16.0. The maximum atomic E-state index is 6.03. The number of hydrogen-bond donors (Lipinski definition) is 1.